The molecule has 5 heterocycles. The Morgan fingerprint density at radius 1 is 1.05 bits per heavy atom. The third-order valence-corrected chi connectivity index (χ3v) is 10.9. The van der Waals surface area contributed by atoms with Crippen molar-refractivity contribution >= 4 is 32.8 Å². The van der Waals surface area contributed by atoms with E-state index in [4.69, 9.17) is 9.47 Å². The number of fused-ring (bicyclic) bond motifs is 3. The highest BCUT2D eigenvalue weighted by atomic mass is 32.2. The monoisotopic (exact) mass is 591 g/mol. The Morgan fingerprint density at radius 2 is 1.76 bits per heavy atom. The van der Waals surface area contributed by atoms with E-state index in [1.54, 1.807) is 43.7 Å². The number of nitrogens with zero attached hydrogens (tertiary/aromatic N) is 5. The number of piperazine rings is 1. The number of amides is 1. The van der Waals surface area contributed by atoms with Gasteiger partial charge in [-0.1, -0.05) is 24.3 Å². The number of aromatic nitrogens is 3. The molecule has 0 spiro atoms. The lowest BCUT2D eigenvalue weighted by Crippen LogP contribution is -2.56. The zero-order valence-corrected chi connectivity index (χ0v) is 25.4. The molecule has 2 aliphatic heterocycles. The molecule has 2 saturated heterocycles. The van der Waals surface area contributed by atoms with Crippen LogP contribution < -0.4 is 9.64 Å². The van der Waals surface area contributed by atoms with Gasteiger partial charge in [0.1, 0.15) is 10.3 Å². The summed E-state index contributed by atoms with van der Waals surface area (Å²) < 4.78 is 40.0. The molecular weight excluding hydrogens is 554 g/mol. The van der Waals surface area contributed by atoms with Crippen molar-refractivity contribution in [2.24, 2.45) is 0 Å². The quantitative estimate of drug-likeness (QED) is 0.414. The minimum atomic E-state index is -3.99. The second-order valence-corrected chi connectivity index (χ2v) is 14.6. The Hall–Kier alpha value is -3.86. The first-order valence-corrected chi connectivity index (χ1v) is 15.7. The second kappa shape index (κ2) is 10.1. The van der Waals surface area contributed by atoms with E-state index in [-0.39, 0.29) is 18.2 Å². The third-order valence-electron chi connectivity index (χ3n) is 8.56. The van der Waals surface area contributed by atoms with Crippen molar-refractivity contribution in [2.45, 2.75) is 68.9 Å². The van der Waals surface area contributed by atoms with E-state index < -0.39 is 26.3 Å². The number of anilines is 1. The zero-order valence-electron chi connectivity index (χ0n) is 24.6. The number of carbonyl (C=O) groups is 1. The van der Waals surface area contributed by atoms with Gasteiger partial charge in [-0.3, -0.25) is 4.90 Å². The van der Waals surface area contributed by atoms with Crippen molar-refractivity contribution < 1.29 is 22.7 Å². The fourth-order valence-corrected chi connectivity index (χ4v) is 8.33. The smallest absolute Gasteiger partial charge is 0.410 e. The fraction of sp³-hybridized carbons (Fsp3) is 0.452. The van der Waals surface area contributed by atoms with E-state index >= 15 is 0 Å². The summed E-state index contributed by atoms with van der Waals surface area (Å²) in [5.41, 5.74) is 1.53. The molecule has 222 valence electrons. The lowest BCUT2D eigenvalue weighted by molar-refractivity contribution is 0.0123. The molecule has 6 rings (SSSR count). The Bertz CT molecular complexity index is 1680. The first kappa shape index (κ1) is 28.3. The van der Waals surface area contributed by atoms with Crippen LogP contribution in [0.1, 0.15) is 52.0 Å². The average molecular weight is 592 g/mol. The Kier molecular flexibility index (Phi) is 6.83. The van der Waals surface area contributed by atoms with Gasteiger partial charge in [0.15, 0.2) is 5.65 Å². The summed E-state index contributed by atoms with van der Waals surface area (Å²) in [7, 11) is -2.45. The predicted octanol–water partition coefficient (Wildman–Crippen LogP) is 4.87. The predicted molar refractivity (Wildman–Crippen MR) is 161 cm³/mol. The maximum atomic E-state index is 14.5. The summed E-state index contributed by atoms with van der Waals surface area (Å²) in [5.74, 6) is -0.0461. The number of methoxy groups -OCH3 is 1. The van der Waals surface area contributed by atoms with E-state index in [1.807, 2.05) is 56.0 Å². The van der Waals surface area contributed by atoms with Crippen molar-refractivity contribution in [3.05, 3.63) is 72.7 Å². The highest BCUT2D eigenvalue weighted by molar-refractivity contribution is 7.91. The van der Waals surface area contributed by atoms with Gasteiger partial charge in [0.25, 0.3) is 0 Å². The Labute approximate surface area is 246 Å². The SMILES string of the molecule is COc1cc(C2C=CC=CC2(C)S(=O)(=O)n2ccc3c(N4CC5CCC(C4)N5C(=O)OC(C)(C)C)ccnc32)ccn1. The molecule has 0 N–H and O–H groups in total. The summed E-state index contributed by atoms with van der Waals surface area (Å²) in [5, 5.41) is 0.757. The number of hydrogen-bond acceptors (Lipinski definition) is 8. The highest BCUT2D eigenvalue weighted by Crippen LogP contribution is 2.43. The van der Waals surface area contributed by atoms with Gasteiger partial charge in [0, 0.05) is 54.7 Å². The minimum absolute atomic E-state index is 0.0313. The van der Waals surface area contributed by atoms with Crippen LogP contribution >= 0.6 is 0 Å². The number of rotatable bonds is 5. The van der Waals surface area contributed by atoms with Gasteiger partial charge in [0.2, 0.25) is 15.9 Å². The Morgan fingerprint density at radius 3 is 2.45 bits per heavy atom. The lowest BCUT2D eigenvalue weighted by atomic mass is 9.84. The van der Waals surface area contributed by atoms with Crippen LogP contribution in [0.15, 0.2) is 67.2 Å². The van der Waals surface area contributed by atoms with Crippen molar-refractivity contribution in [2.75, 3.05) is 25.1 Å². The van der Waals surface area contributed by atoms with Gasteiger partial charge in [-0.25, -0.2) is 27.2 Å². The van der Waals surface area contributed by atoms with Crippen LogP contribution in [0.5, 0.6) is 5.88 Å². The van der Waals surface area contributed by atoms with Gasteiger partial charge < -0.3 is 14.4 Å². The molecule has 42 heavy (non-hydrogen) atoms. The van der Waals surface area contributed by atoms with Crippen LogP contribution in [0.4, 0.5) is 10.5 Å². The van der Waals surface area contributed by atoms with Crippen LogP contribution in [0.3, 0.4) is 0 Å². The molecule has 1 aliphatic carbocycles. The molecule has 3 aromatic rings. The molecule has 0 saturated carbocycles. The van der Waals surface area contributed by atoms with Crippen molar-refractivity contribution in [3.8, 4) is 5.88 Å². The van der Waals surface area contributed by atoms with E-state index in [0.717, 1.165) is 29.5 Å². The molecule has 3 aromatic heterocycles. The van der Waals surface area contributed by atoms with E-state index in [1.165, 1.54) is 11.1 Å². The molecule has 2 fully saturated rings. The van der Waals surface area contributed by atoms with Gasteiger partial charge >= 0.3 is 6.09 Å². The molecule has 2 bridgehead atoms. The number of carbonyl (C=O) groups excluding carboxylic acids is 1. The first-order valence-electron chi connectivity index (χ1n) is 14.3. The molecule has 10 nitrogen and oxygen atoms in total. The van der Waals surface area contributed by atoms with Gasteiger partial charge in [-0.15, -0.1) is 0 Å². The number of allylic oxidation sites excluding steroid dienone is 3. The van der Waals surface area contributed by atoms with E-state index in [0.29, 0.717) is 24.6 Å². The van der Waals surface area contributed by atoms with Crippen LogP contribution in [-0.2, 0) is 14.8 Å². The minimum Gasteiger partial charge on any atom is -0.481 e. The fourth-order valence-electron chi connectivity index (χ4n) is 6.53. The van der Waals surface area contributed by atoms with Crippen LogP contribution in [-0.4, -0.2) is 76.0 Å². The molecule has 1 amide bonds. The summed E-state index contributed by atoms with van der Waals surface area (Å²) in [6, 6.07) is 7.41. The van der Waals surface area contributed by atoms with Crippen LogP contribution in [0.2, 0.25) is 0 Å². The Balaban J connectivity index is 1.33. The molecule has 0 radical (unpaired) electrons. The first-order chi connectivity index (χ1) is 19.9. The van der Waals surface area contributed by atoms with E-state index in [2.05, 4.69) is 14.9 Å². The number of hydrogen-bond donors (Lipinski definition) is 0. The number of pyridine rings is 2. The molecule has 0 aromatic carbocycles. The normalized spacial score (nSPS) is 25.7. The maximum absolute atomic E-state index is 14.5. The third kappa shape index (κ3) is 4.63. The van der Waals surface area contributed by atoms with Crippen molar-refractivity contribution in [3.63, 3.8) is 0 Å². The molecular formula is C31H37N5O5S. The molecule has 4 atom stereocenters. The van der Waals surface area contributed by atoms with Gasteiger partial charge in [-0.2, -0.15) is 0 Å². The second-order valence-electron chi connectivity index (χ2n) is 12.4. The standard InChI is InChI=1S/C31H37N5O5S/c1-30(2,3)41-29(37)36-22-9-10-23(36)20-34(19-22)26-12-16-33-28-24(26)13-17-35(28)42(38,39)31(4)14-7-6-8-25(31)21-11-15-32-27(18-21)40-5/h6-8,11-18,22-23,25H,9-10,19-20H2,1-5H3. The topological polar surface area (TPSA) is 107 Å². The molecule has 3 aliphatic rings. The summed E-state index contributed by atoms with van der Waals surface area (Å²) in [4.78, 5) is 25.9. The van der Waals surface area contributed by atoms with Crippen molar-refractivity contribution in [1.82, 2.24) is 18.8 Å². The average Bonchev–Trinajstić information content (AvgIpc) is 3.51. The van der Waals surface area contributed by atoms with Crippen LogP contribution in [0.25, 0.3) is 11.0 Å². The van der Waals surface area contributed by atoms with Crippen molar-refractivity contribution in [1.29, 1.82) is 0 Å². The summed E-state index contributed by atoms with van der Waals surface area (Å²) in [6.07, 6.45) is 13.7. The number of ether oxygens (including phenoxy) is 2. The van der Waals surface area contributed by atoms with E-state index in [9.17, 15) is 13.2 Å². The molecule has 4 unspecified atom stereocenters. The lowest BCUT2D eigenvalue weighted by Gasteiger charge is -2.42. The van der Waals surface area contributed by atoms with Gasteiger partial charge in [-0.05, 0) is 64.3 Å². The van der Waals surface area contributed by atoms with Crippen LogP contribution in [0, 0.1) is 0 Å². The zero-order chi connectivity index (χ0) is 29.9. The largest absolute Gasteiger partial charge is 0.481 e. The maximum Gasteiger partial charge on any atom is 0.410 e. The molecule has 11 heteroatoms. The highest BCUT2D eigenvalue weighted by Gasteiger charge is 2.47. The summed E-state index contributed by atoms with van der Waals surface area (Å²) >= 11 is 0. The summed E-state index contributed by atoms with van der Waals surface area (Å²) in [6.45, 7) is 8.67. The van der Waals surface area contributed by atoms with Gasteiger partial charge in [0.05, 0.1) is 19.2 Å².